The number of carbonyl (C=O) groups excluding carboxylic acids is 2. The van der Waals surface area contributed by atoms with Crippen LogP contribution < -0.4 is 10.6 Å². The molecule has 0 bridgehead atoms. The molecule has 154 valence electrons. The first-order valence-corrected chi connectivity index (χ1v) is 9.36. The first-order valence-electron chi connectivity index (χ1n) is 8.54. The van der Waals surface area contributed by atoms with Crippen molar-refractivity contribution in [2.24, 2.45) is 0 Å². The smallest absolute Gasteiger partial charge is 0.337 e. The number of nitrogens with zero attached hydrogens (tertiary/aromatic N) is 2. The Bertz CT molecular complexity index is 917. The summed E-state index contributed by atoms with van der Waals surface area (Å²) in [5, 5.41) is 5.28. The molecular weight excluding hydrogens is 405 g/mol. The van der Waals surface area contributed by atoms with Crippen LogP contribution in [0.15, 0.2) is 30.3 Å². The maximum absolute atomic E-state index is 12.3. The molecule has 0 fully saturated rings. The average Bonchev–Trinajstić information content (AvgIpc) is 2.98. The molecular formula is C19H19F3N4O2S. The Balaban J connectivity index is 1.83. The molecule has 0 spiro atoms. The monoisotopic (exact) mass is 424 g/mol. The molecule has 6 nitrogen and oxygen atoms in total. The highest BCUT2D eigenvalue weighted by atomic mass is 32.1. The van der Waals surface area contributed by atoms with E-state index in [0.717, 1.165) is 12.6 Å². The molecule has 29 heavy (non-hydrogen) atoms. The molecule has 0 aliphatic rings. The summed E-state index contributed by atoms with van der Waals surface area (Å²) in [6, 6.07) is 8.81. The summed E-state index contributed by atoms with van der Waals surface area (Å²) < 4.78 is 36.8. The van der Waals surface area contributed by atoms with Gasteiger partial charge in [0, 0.05) is 25.6 Å². The topological polar surface area (TPSA) is 74.3 Å². The summed E-state index contributed by atoms with van der Waals surface area (Å²) >= 11 is 1.20. The highest BCUT2D eigenvalue weighted by molar-refractivity contribution is 7.16. The number of nitrogens with one attached hydrogen (secondary N) is 2. The number of hydrogen-bond donors (Lipinski definition) is 2. The summed E-state index contributed by atoms with van der Waals surface area (Å²) in [4.78, 5) is 29.0. The number of thiazole rings is 1. The third-order valence-electron chi connectivity index (χ3n) is 3.58. The van der Waals surface area contributed by atoms with Crippen LogP contribution in [-0.2, 0) is 4.79 Å². The SMILES string of the molecule is Cc1nc(NC(=O)NCCC(=O)N(C)CC(F)(F)F)sc1C#Cc1ccccc1. The summed E-state index contributed by atoms with van der Waals surface area (Å²) in [6.45, 7) is 0.338. The van der Waals surface area contributed by atoms with Gasteiger partial charge in [-0.2, -0.15) is 13.2 Å². The van der Waals surface area contributed by atoms with Crippen LogP contribution in [0.5, 0.6) is 0 Å². The molecule has 2 aromatic rings. The number of rotatable bonds is 5. The van der Waals surface area contributed by atoms with E-state index >= 15 is 0 Å². The number of carbonyl (C=O) groups is 2. The van der Waals surface area contributed by atoms with Crippen molar-refractivity contribution < 1.29 is 22.8 Å². The van der Waals surface area contributed by atoms with Crippen molar-refractivity contribution in [1.29, 1.82) is 0 Å². The fourth-order valence-electron chi connectivity index (χ4n) is 2.19. The number of halogens is 3. The van der Waals surface area contributed by atoms with Crippen LogP contribution in [0.3, 0.4) is 0 Å². The predicted molar refractivity (Wildman–Crippen MR) is 105 cm³/mol. The lowest BCUT2D eigenvalue weighted by molar-refractivity contribution is -0.158. The largest absolute Gasteiger partial charge is 0.406 e. The van der Waals surface area contributed by atoms with Crippen LogP contribution in [0.1, 0.15) is 22.6 Å². The Morgan fingerprint density at radius 1 is 1.21 bits per heavy atom. The van der Waals surface area contributed by atoms with Crippen molar-refractivity contribution in [2.45, 2.75) is 19.5 Å². The van der Waals surface area contributed by atoms with E-state index in [0.29, 0.717) is 20.6 Å². The Kier molecular flexibility index (Phi) is 7.61. The second-order valence-corrected chi connectivity index (χ2v) is 7.04. The fraction of sp³-hybridized carbons (Fsp3) is 0.316. The summed E-state index contributed by atoms with van der Waals surface area (Å²) in [6.07, 6.45) is -4.70. The van der Waals surface area contributed by atoms with Gasteiger partial charge in [0.05, 0.1) is 5.69 Å². The van der Waals surface area contributed by atoms with E-state index in [1.165, 1.54) is 11.3 Å². The fourth-order valence-corrected chi connectivity index (χ4v) is 3.00. The molecule has 0 aliphatic heterocycles. The Morgan fingerprint density at radius 2 is 1.90 bits per heavy atom. The van der Waals surface area contributed by atoms with Crippen molar-refractivity contribution in [3.05, 3.63) is 46.5 Å². The number of amides is 3. The van der Waals surface area contributed by atoms with E-state index in [9.17, 15) is 22.8 Å². The minimum Gasteiger partial charge on any atom is -0.337 e. The predicted octanol–water partition coefficient (Wildman–Crippen LogP) is 3.38. The Labute approximate surface area is 170 Å². The van der Waals surface area contributed by atoms with Gasteiger partial charge in [0.15, 0.2) is 5.13 Å². The summed E-state index contributed by atoms with van der Waals surface area (Å²) in [5.41, 5.74) is 1.52. The molecule has 10 heteroatoms. The maximum Gasteiger partial charge on any atom is 0.406 e. The van der Waals surface area contributed by atoms with E-state index in [-0.39, 0.29) is 13.0 Å². The lowest BCUT2D eigenvalue weighted by atomic mass is 10.2. The highest BCUT2D eigenvalue weighted by Crippen LogP contribution is 2.21. The van der Waals surface area contributed by atoms with Gasteiger partial charge in [-0.15, -0.1) is 0 Å². The van der Waals surface area contributed by atoms with Crippen LogP contribution in [0.2, 0.25) is 0 Å². The molecule has 0 saturated carbocycles. The van der Waals surface area contributed by atoms with Gasteiger partial charge in [0.2, 0.25) is 5.91 Å². The minimum absolute atomic E-state index is 0.0993. The number of aromatic nitrogens is 1. The van der Waals surface area contributed by atoms with Crippen molar-refractivity contribution in [2.75, 3.05) is 25.5 Å². The van der Waals surface area contributed by atoms with Gasteiger partial charge in [-0.05, 0) is 25.0 Å². The second kappa shape index (κ2) is 9.93. The zero-order chi connectivity index (χ0) is 21.4. The van der Waals surface area contributed by atoms with Crippen molar-refractivity contribution in [3.63, 3.8) is 0 Å². The quantitative estimate of drug-likeness (QED) is 0.723. The van der Waals surface area contributed by atoms with Gasteiger partial charge in [0.1, 0.15) is 11.4 Å². The molecule has 2 rings (SSSR count). The number of alkyl halides is 3. The highest BCUT2D eigenvalue weighted by Gasteiger charge is 2.30. The van der Waals surface area contributed by atoms with E-state index in [2.05, 4.69) is 27.5 Å². The molecule has 3 amide bonds. The summed E-state index contributed by atoms with van der Waals surface area (Å²) in [7, 11) is 1.06. The van der Waals surface area contributed by atoms with Gasteiger partial charge < -0.3 is 10.2 Å². The zero-order valence-electron chi connectivity index (χ0n) is 15.8. The van der Waals surface area contributed by atoms with Gasteiger partial charge >= 0.3 is 12.2 Å². The van der Waals surface area contributed by atoms with E-state index < -0.39 is 24.7 Å². The lowest BCUT2D eigenvalue weighted by Crippen LogP contribution is -2.38. The molecule has 1 heterocycles. The van der Waals surface area contributed by atoms with Gasteiger partial charge in [-0.1, -0.05) is 35.5 Å². The van der Waals surface area contributed by atoms with Crippen molar-refractivity contribution in [3.8, 4) is 11.8 Å². The molecule has 0 aliphatic carbocycles. The number of benzene rings is 1. The van der Waals surface area contributed by atoms with Gasteiger partial charge in [-0.25, -0.2) is 9.78 Å². The molecule has 1 aromatic carbocycles. The van der Waals surface area contributed by atoms with Crippen LogP contribution in [0.25, 0.3) is 0 Å². The van der Waals surface area contributed by atoms with Crippen molar-refractivity contribution >= 4 is 28.4 Å². The summed E-state index contributed by atoms with van der Waals surface area (Å²) in [5.74, 6) is 5.30. The van der Waals surface area contributed by atoms with Crippen molar-refractivity contribution in [1.82, 2.24) is 15.2 Å². The Morgan fingerprint density at radius 3 is 2.55 bits per heavy atom. The average molecular weight is 424 g/mol. The number of aryl methyl sites for hydroxylation is 1. The zero-order valence-corrected chi connectivity index (χ0v) is 16.6. The van der Waals surface area contributed by atoms with E-state index in [4.69, 9.17) is 0 Å². The second-order valence-electron chi connectivity index (χ2n) is 6.05. The van der Waals surface area contributed by atoms with Crippen LogP contribution in [0, 0.1) is 18.8 Å². The number of urea groups is 1. The van der Waals surface area contributed by atoms with Gasteiger partial charge in [-0.3, -0.25) is 10.1 Å². The number of anilines is 1. The van der Waals surface area contributed by atoms with Crippen LogP contribution in [0.4, 0.5) is 23.1 Å². The third kappa shape index (κ3) is 7.83. The molecule has 0 unspecified atom stereocenters. The molecule has 0 saturated heterocycles. The first kappa shape index (κ1) is 22.2. The Hall–Kier alpha value is -3.06. The molecule has 2 N–H and O–H groups in total. The lowest BCUT2D eigenvalue weighted by Gasteiger charge is -2.18. The molecule has 0 atom stereocenters. The standard InChI is InChI=1S/C19H19F3N4O2S/c1-13-15(9-8-14-6-4-3-5-7-14)29-18(24-13)25-17(28)23-11-10-16(27)26(2)12-19(20,21)22/h3-7H,10-12H2,1-2H3,(H2,23,24,25,28). The van der Waals surface area contributed by atoms with Crippen LogP contribution in [-0.4, -0.2) is 48.1 Å². The molecule has 0 radical (unpaired) electrons. The van der Waals surface area contributed by atoms with E-state index in [1.807, 2.05) is 30.3 Å². The van der Waals surface area contributed by atoms with Gasteiger partial charge in [0.25, 0.3) is 0 Å². The minimum atomic E-state index is -4.46. The number of hydrogen-bond acceptors (Lipinski definition) is 4. The molecule has 1 aromatic heterocycles. The first-order chi connectivity index (χ1) is 13.6. The third-order valence-corrected chi connectivity index (χ3v) is 4.57. The maximum atomic E-state index is 12.3. The normalized spacial score (nSPS) is 10.7. The van der Waals surface area contributed by atoms with Crippen LogP contribution >= 0.6 is 11.3 Å². The van der Waals surface area contributed by atoms with E-state index in [1.54, 1.807) is 6.92 Å².